The van der Waals surface area contributed by atoms with E-state index >= 15 is 0 Å². The third-order valence-corrected chi connectivity index (χ3v) is 5.14. The molecule has 3 aromatic rings. The standard InChI is InChI=1S/C21H17Cl2FN2O4S/c1-31(28,29)26-21(27)19-4-2-3-17(25-19)10-14-9-15(22)7-8-20(14)30-12-13-5-6-16(23)11-18(13)24/h2-9,11H,10,12H2,1H3,(H,26,27). The highest BCUT2D eigenvalue weighted by Gasteiger charge is 2.14. The van der Waals surface area contributed by atoms with Crippen molar-refractivity contribution in [2.75, 3.05) is 6.26 Å². The largest absolute Gasteiger partial charge is 0.489 e. The maximum absolute atomic E-state index is 14.0. The molecule has 0 atom stereocenters. The molecule has 10 heteroatoms. The number of halogens is 3. The summed E-state index contributed by atoms with van der Waals surface area (Å²) in [5.41, 5.74) is 1.44. The molecule has 31 heavy (non-hydrogen) atoms. The third kappa shape index (κ3) is 6.65. The van der Waals surface area contributed by atoms with Crippen molar-refractivity contribution < 1.29 is 22.3 Å². The first-order chi connectivity index (χ1) is 14.6. The predicted octanol–water partition coefficient (Wildman–Crippen LogP) is 4.39. The summed E-state index contributed by atoms with van der Waals surface area (Å²) < 4.78 is 44.2. The normalized spacial score (nSPS) is 11.2. The molecule has 3 rings (SSSR count). The molecule has 1 N–H and O–H groups in total. The van der Waals surface area contributed by atoms with Crippen LogP contribution in [-0.4, -0.2) is 25.6 Å². The molecule has 0 bridgehead atoms. The van der Waals surface area contributed by atoms with Gasteiger partial charge in [-0.15, -0.1) is 0 Å². The van der Waals surface area contributed by atoms with E-state index in [1.807, 2.05) is 4.72 Å². The molecule has 0 saturated heterocycles. The molecule has 0 spiro atoms. The quantitative estimate of drug-likeness (QED) is 0.539. The Kier molecular flexibility index (Phi) is 7.15. The number of sulfonamides is 1. The topological polar surface area (TPSA) is 85.4 Å². The van der Waals surface area contributed by atoms with E-state index in [2.05, 4.69) is 4.98 Å². The summed E-state index contributed by atoms with van der Waals surface area (Å²) in [6.07, 6.45) is 1.13. The zero-order chi connectivity index (χ0) is 22.6. The highest BCUT2D eigenvalue weighted by atomic mass is 35.5. The van der Waals surface area contributed by atoms with Gasteiger partial charge in [0.05, 0.1) is 6.26 Å². The Morgan fingerprint density at radius 1 is 1.06 bits per heavy atom. The molecular formula is C21H17Cl2FN2O4S. The van der Waals surface area contributed by atoms with E-state index < -0.39 is 21.7 Å². The first-order valence-corrected chi connectivity index (χ1v) is 11.6. The van der Waals surface area contributed by atoms with Gasteiger partial charge in [-0.3, -0.25) is 4.79 Å². The Bertz CT molecular complexity index is 1240. The molecule has 0 aliphatic heterocycles. The first-order valence-electron chi connectivity index (χ1n) is 8.94. The van der Waals surface area contributed by atoms with E-state index in [0.29, 0.717) is 32.6 Å². The van der Waals surface area contributed by atoms with E-state index in [9.17, 15) is 17.6 Å². The molecule has 0 aliphatic rings. The molecule has 1 aromatic heterocycles. The molecule has 0 unspecified atom stereocenters. The molecule has 0 saturated carbocycles. The Balaban J connectivity index is 1.81. The Labute approximate surface area is 189 Å². The monoisotopic (exact) mass is 482 g/mol. The van der Waals surface area contributed by atoms with Crippen LogP contribution in [0.4, 0.5) is 4.39 Å². The second-order valence-electron chi connectivity index (χ2n) is 6.67. The number of carbonyl (C=O) groups excluding carboxylic acids is 1. The van der Waals surface area contributed by atoms with Crippen molar-refractivity contribution >= 4 is 39.1 Å². The second-order valence-corrected chi connectivity index (χ2v) is 9.29. The molecule has 1 heterocycles. The number of nitrogens with one attached hydrogen (secondary N) is 1. The average Bonchev–Trinajstić information content (AvgIpc) is 2.67. The number of benzene rings is 2. The van der Waals surface area contributed by atoms with Gasteiger partial charge in [-0.25, -0.2) is 22.5 Å². The summed E-state index contributed by atoms with van der Waals surface area (Å²) in [6.45, 7) is -0.0259. The van der Waals surface area contributed by atoms with Crippen molar-refractivity contribution in [3.63, 3.8) is 0 Å². The van der Waals surface area contributed by atoms with Gasteiger partial charge in [-0.2, -0.15) is 0 Å². The first kappa shape index (κ1) is 23.0. The Morgan fingerprint density at radius 3 is 2.48 bits per heavy atom. The third-order valence-electron chi connectivity index (χ3n) is 4.11. The summed E-state index contributed by atoms with van der Waals surface area (Å²) in [7, 11) is -3.71. The van der Waals surface area contributed by atoms with E-state index in [0.717, 1.165) is 6.26 Å². The summed E-state index contributed by atoms with van der Waals surface area (Å²) in [5, 5.41) is 0.755. The zero-order valence-corrected chi connectivity index (χ0v) is 18.6. The van der Waals surface area contributed by atoms with Gasteiger partial charge in [0.25, 0.3) is 5.91 Å². The number of ether oxygens (including phenoxy) is 1. The number of aromatic nitrogens is 1. The van der Waals surface area contributed by atoms with Gasteiger partial charge in [-0.05, 0) is 42.5 Å². The lowest BCUT2D eigenvalue weighted by atomic mass is 10.1. The van der Waals surface area contributed by atoms with Crippen LogP contribution in [0.5, 0.6) is 5.75 Å². The van der Waals surface area contributed by atoms with Gasteiger partial charge in [0.2, 0.25) is 10.0 Å². The van der Waals surface area contributed by atoms with Gasteiger partial charge in [0, 0.05) is 33.3 Å². The van der Waals surface area contributed by atoms with Crippen LogP contribution in [0, 0.1) is 5.82 Å². The van der Waals surface area contributed by atoms with Gasteiger partial charge in [0.1, 0.15) is 23.9 Å². The summed E-state index contributed by atoms with van der Waals surface area (Å²) in [5.74, 6) is -0.842. The minimum Gasteiger partial charge on any atom is -0.489 e. The average molecular weight is 483 g/mol. The Morgan fingerprint density at radius 2 is 1.77 bits per heavy atom. The number of amides is 1. The minimum absolute atomic E-state index is 0.0259. The maximum atomic E-state index is 14.0. The van der Waals surface area contributed by atoms with Crippen molar-refractivity contribution in [2.45, 2.75) is 13.0 Å². The maximum Gasteiger partial charge on any atom is 0.283 e. The van der Waals surface area contributed by atoms with Gasteiger partial charge < -0.3 is 4.74 Å². The van der Waals surface area contributed by atoms with Gasteiger partial charge in [0.15, 0.2) is 0 Å². The molecule has 2 aromatic carbocycles. The number of nitrogens with zero attached hydrogens (tertiary/aromatic N) is 1. The van der Waals surface area contributed by atoms with Gasteiger partial charge in [-0.1, -0.05) is 35.3 Å². The van der Waals surface area contributed by atoms with E-state index in [4.69, 9.17) is 27.9 Å². The number of pyridine rings is 1. The Hall–Kier alpha value is -2.68. The van der Waals surface area contributed by atoms with Crippen molar-refractivity contribution in [1.29, 1.82) is 0 Å². The summed E-state index contributed by atoms with van der Waals surface area (Å²) >= 11 is 11.9. The lowest BCUT2D eigenvalue weighted by Gasteiger charge is -2.13. The van der Waals surface area contributed by atoms with Crippen LogP contribution in [0.2, 0.25) is 10.0 Å². The lowest BCUT2D eigenvalue weighted by molar-refractivity contribution is 0.0976. The van der Waals surface area contributed by atoms with Crippen LogP contribution < -0.4 is 9.46 Å². The van der Waals surface area contributed by atoms with E-state index in [1.54, 1.807) is 42.5 Å². The molecule has 0 radical (unpaired) electrons. The summed E-state index contributed by atoms with van der Waals surface area (Å²) in [6, 6.07) is 14.0. The number of rotatable bonds is 7. The van der Waals surface area contributed by atoms with Crippen molar-refractivity contribution in [3.05, 3.63) is 93.0 Å². The predicted molar refractivity (Wildman–Crippen MR) is 117 cm³/mol. The molecule has 1 amide bonds. The highest BCUT2D eigenvalue weighted by Crippen LogP contribution is 2.27. The molecule has 0 aliphatic carbocycles. The van der Waals surface area contributed by atoms with E-state index in [1.165, 1.54) is 12.1 Å². The highest BCUT2D eigenvalue weighted by molar-refractivity contribution is 7.89. The zero-order valence-electron chi connectivity index (χ0n) is 16.2. The second kappa shape index (κ2) is 9.64. The minimum atomic E-state index is -3.71. The van der Waals surface area contributed by atoms with Crippen LogP contribution in [0.15, 0.2) is 54.6 Å². The van der Waals surface area contributed by atoms with Gasteiger partial charge >= 0.3 is 0 Å². The van der Waals surface area contributed by atoms with Crippen LogP contribution in [0.3, 0.4) is 0 Å². The summed E-state index contributed by atoms with van der Waals surface area (Å²) in [4.78, 5) is 16.3. The number of hydrogen-bond donors (Lipinski definition) is 1. The number of carbonyl (C=O) groups is 1. The number of hydrogen-bond acceptors (Lipinski definition) is 5. The van der Waals surface area contributed by atoms with Crippen molar-refractivity contribution in [1.82, 2.24) is 9.71 Å². The van der Waals surface area contributed by atoms with Crippen LogP contribution in [0.25, 0.3) is 0 Å². The fraction of sp³-hybridized carbons (Fsp3) is 0.143. The molecule has 0 fully saturated rings. The van der Waals surface area contributed by atoms with Crippen LogP contribution >= 0.6 is 23.2 Å². The van der Waals surface area contributed by atoms with E-state index in [-0.39, 0.29) is 18.7 Å². The van der Waals surface area contributed by atoms with Crippen molar-refractivity contribution in [2.24, 2.45) is 0 Å². The fourth-order valence-corrected chi connectivity index (χ4v) is 3.54. The van der Waals surface area contributed by atoms with Crippen LogP contribution in [0.1, 0.15) is 27.3 Å². The lowest BCUT2D eigenvalue weighted by Crippen LogP contribution is -2.30. The van der Waals surface area contributed by atoms with Crippen LogP contribution in [-0.2, 0) is 23.1 Å². The van der Waals surface area contributed by atoms with Crippen molar-refractivity contribution in [3.8, 4) is 5.75 Å². The fourth-order valence-electron chi connectivity index (χ4n) is 2.74. The molecule has 6 nitrogen and oxygen atoms in total. The molecule has 162 valence electrons. The SMILES string of the molecule is CS(=O)(=O)NC(=O)c1cccc(Cc2cc(Cl)ccc2OCc2ccc(Cl)cc2F)n1. The molecular weight excluding hydrogens is 466 g/mol. The smallest absolute Gasteiger partial charge is 0.283 e.